The molecule has 0 radical (unpaired) electrons. The van der Waals surface area contributed by atoms with Crippen molar-refractivity contribution in [2.45, 2.75) is 52.4 Å². The van der Waals surface area contributed by atoms with E-state index < -0.39 is 0 Å². The van der Waals surface area contributed by atoms with Gasteiger partial charge in [-0.3, -0.25) is 9.38 Å². The lowest BCUT2D eigenvalue weighted by atomic mass is 9.79. The maximum atomic E-state index is 6.33. The number of rotatable bonds is 1. The first-order chi connectivity index (χ1) is 11.1. The first kappa shape index (κ1) is 16.9. The van der Waals surface area contributed by atoms with Gasteiger partial charge in [-0.25, -0.2) is 0 Å². The fourth-order valence-corrected chi connectivity index (χ4v) is 2.85. The van der Waals surface area contributed by atoms with Gasteiger partial charge in [-0.15, -0.1) is 10.2 Å². The highest BCUT2D eigenvalue weighted by Crippen LogP contribution is 2.34. The number of hydrogen-bond donors (Lipinski definition) is 0. The molecule has 0 fully saturated rings. The van der Waals surface area contributed by atoms with Crippen LogP contribution in [0.25, 0.3) is 17.0 Å². The van der Waals surface area contributed by atoms with Crippen molar-refractivity contribution in [2.24, 2.45) is 0 Å². The summed E-state index contributed by atoms with van der Waals surface area (Å²) in [5, 5.41) is 9.07. The van der Waals surface area contributed by atoms with Crippen LogP contribution >= 0.6 is 11.6 Å². The van der Waals surface area contributed by atoms with E-state index in [1.165, 1.54) is 11.1 Å². The van der Waals surface area contributed by atoms with Gasteiger partial charge in [-0.2, -0.15) is 0 Å². The van der Waals surface area contributed by atoms with Crippen LogP contribution in [-0.4, -0.2) is 19.6 Å². The number of benzene rings is 1. The van der Waals surface area contributed by atoms with E-state index in [-0.39, 0.29) is 10.8 Å². The maximum absolute atomic E-state index is 6.33. The zero-order valence-electron chi connectivity index (χ0n) is 15.1. The van der Waals surface area contributed by atoms with Crippen molar-refractivity contribution in [1.82, 2.24) is 19.6 Å². The van der Waals surface area contributed by atoms with Crippen molar-refractivity contribution in [3.63, 3.8) is 0 Å². The molecule has 4 nitrogen and oxygen atoms in total. The molecule has 0 N–H and O–H groups in total. The Bertz CT molecular complexity index is 866. The summed E-state index contributed by atoms with van der Waals surface area (Å²) in [6, 6.07) is 6.65. The minimum Gasteiger partial charge on any atom is -0.262 e. The van der Waals surface area contributed by atoms with Gasteiger partial charge in [0.1, 0.15) is 5.15 Å². The Balaban J connectivity index is 2.30. The Kier molecular flexibility index (Phi) is 3.91. The van der Waals surface area contributed by atoms with E-state index in [1.54, 1.807) is 12.4 Å². The van der Waals surface area contributed by atoms with Gasteiger partial charge in [0.25, 0.3) is 0 Å². The molecule has 0 aliphatic rings. The zero-order chi connectivity index (χ0) is 17.7. The van der Waals surface area contributed by atoms with Crippen molar-refractivity contribution in [1.29, 1.82) is 0 Å². The van der Waals surface area contributed by atoms with E-state index >= 15 is 0 Å². The van der Waals surface area contributed by atoms with Crippen LogP contribution in [0.5, 0.6) is 0 Å². The molecule has 0 amide bonds. The van der Waals surface area contributed by atoms with Crippen molar-refractivity contribution >= 4 is 17.2 Å². The largest absolute Gasteiger partial charge is 0.262 e. The third kappa shape index (κ3) is 3.03. The normalized spacial score (nSPS) is 12.8. The smallest absolute Gasteiger partial charge is 0.180 e. The van der Waals surface area contributed by atoms with E-state index in [9.17, 15) is 0 Å². The Morgan fingerprint density at radius 3 is 1.96 bits per heavy atom. The number of hydrogen-bond acceptors (Lipinski definition) is 3. The molecule has 0 saturated carbocycles. The van der Waals surface area contributed by atoms with E-state index in [0.717, 1.165) is 11.4 Å². The van der Waals surface area contributed by atoms with E-state index in [2.05, 4.69) is 74.9 Å². The van der Waals surface area contributed by atoms with Gasteiger partial charge >= 0.3 is 0 Å². The molecule has 0 unspecified atom stereocenters. The average Bonchev–Trinajstić information content (AvgIpc) is 2.90. The van der Waals surface area contributed by atoms with Crippen molar-refractivity contribution < 1.29 is 0 Å². The summed E-state index contributed by atoms with van der Waals surface area (Å²) in [6.45, 7) is 13.3. The minimum absolute atomic E-state index is 0.0435. The summed E-state index contributed by atoms with van der Waals surface area (Å²) in [4.78, 5) is 4.08. The lowest BCUT2D eigenvalue weighted by Gasteiger charge is -2.26. The second-order valence-electron chi connectivity index (χ2n) is 8.25. The minimum atomic E-state index is 0.0435. The molecule has 0 saturated heterocycles. The Morgan fingerprint density at radius 1 is 0.833 bits per heavy atom. The highest BCUT2D eigenvalue weighted by atomic mass is 35.5. The maximum Gasteiger partial charge on any atom is 0.180 e. The first-order valence-electron chi connectivity index (χ1n) is 8.08. The molecule has 0 aliphatic carbocycles. The number of nitrogens with zero attached hydrogens (tertiary/aromatic N) is 4. The second-order valence-corrected chi connectivity index (χ2v) is 8.63. The summed E-state index contributed by atoms with van der Waals surface area (Å²) in [5.41, 5.74) is 4.30. The van der Waals surface area contributed by atoms with Gasteiger partial charge < -0.3 is 0 Å². The number of halogens is 1. The lowest BCUT2D eigenvalue weighted by Crippen LogP contribution is -2.16. The summed E-state index contributed by atoms with van der Waals surface area (Å²) in [7, 11) is 0. The molecule has 0 aliphatic heterocycles. The highest BCUT2D eigenvalue weighted by Gasteiger charge is 2.22. The predicted octanol–water partition coefficient (Wildman–Crippen LogP) is 5.04. The molecule has 0 spiro atoms. The molecule has 0 atom stereocenters. The van der Waals surface area contributed by atoms with Crippen LogP contribution in [0.15, 0.2) is 30.6 Å². The summed E-state index contributed by atoms with van der Waals surface area (Å²) < 4.78 is 1.84. The number of aromatic nitrogens is 4. The molecule has 2 heterocycles. The number of fused-ring (bicyclic) bond motifs is 1. The van der Waals surface area contributed by atoms with Crippen LogP contribution < -0.4 is 0 Å². The standard InChI is InChI=1S/C19H23ClN4/c1-18(2,3)13-7-12(8-14(9-13)19(4,5)6)17-23-22-16-11-21-10-15(20)24(16)17/h7-11H,1-6H3. The van der Waals surface area contributed by atoms with Gasteiger partial charge in [0, 0.05) is 5.56 Å². The zero-order valence-corrected chi connectivity index (χ0v) is 15.8. The third-order valence-electron chi connectivity index (χ3n) is 4.20. The molecule has 3 rings (SSSR count). The lowest BCUT2D eigenvalue weighted by molar-refractivity contribution is 0.569. The van der Waals surface area contributed by atoms with Gasteiger partial charge in [0.15, 0.2) is 11.5 Å². The van der Waals surface area contributed by atoms with Crippen LogP contribution in [0.2, 0.25) is 5.15 Å². The summed E-state index contributed by atoms with van der Waals surface area (Å²) in [6.07, 6.45) is 3.28. The molecular formula is C19H23ClN4. The van der Waals surface area contributed by atoms with Crippen molar-refractivity contribution in [3.05, 3.63) is 46.9 Å². The van der Waals surface area contributed by atoms with Crippen LogP contribution in [0.4, 0.5) is 0 Å². The van der Waals surface area contributed by atoms with Crippen LogP contribution in [0, 0.1) is 0 Å². The molecule has 5 heteroatoms. The summed E-state index contributed by atoms with van der Waals surface area (Å²) >= 11 is 6.33. The van der Waals surface area contributed by atoms with Gasteiger partial charge in [0.05, 0.1) is 12.4 Å². The molecule has 0 bridgehead atoms. The van der Waals surface area contributed by atoms with Crippen LogP contribution in [-0.2, 0) is 10.8 Å². The predicted molar refractivity (Wildman–Crippen MR) is 98.6 cm³/mol. The molecule has 3 aromatic rings. The molecular weight excluding hydrogens is 320 g/mol. The SMILES string of the molecule is CC(C)(C)c1cc(-c2nnc3cncc(Cl)n23)cc(C(C)(C)C)c1. The van der Waals surface area contributed by atoms with E-state index in [0.29, 0.717) is 10.8 Å². The molecule has 2 aromatic heterocycles. The summed E-state index contributed by atoms with van der Waals surface area (Å²) in [5.74, 6) is 0.744. The molecule has 1 aromatic carbocycles. The second kappa shape index (κ2) is 5.55. The van der Waals surface area contributed by atoms with E-state index in [1.807, 2.05) is 4.40 Å². The van der Waals surface area contributed by atoms with Crippen LogP contribution in [0.3, 0.4) is 0 Å². The van der Waals surface area contributed by atoms with Gasteiger partial charge in [0.2, 0.25) is 0 Å². The fraction of sp³-hybridized carbons (Fsp3) is 0.421. The average molecular weight is 343 g/mol. The topological polar surface area (TPSA) is 43.1 Å². The Morgan fingerprint density at radius 2 is 1.42 bits per heavy atom. The Hall–Kier alpha value is -1.94. The molecule has 24 heavy (non-hydrogen) atoms. The van der Waals surface area contributed by atoms with Gasteiger partial charge in [-0.1, -0.05) is 59.2 Å². The first-order valence-corrected chi connectivity index (χ1v) is 8.46. The quantitative estimate of drug-likeness (QED) is 0.622. The van der Waals surface area contributed by atoms with Crippen molar-refractivity contribution in [2.75, 3.05) is 0 Å². The van der Waals surface area contributed by atoms with Crippen molar-refractivity contribution in [3.8, 4) is 11.4 Å². The third-order valence-corrected chi connectivity index (χ3v) is 4.46. The van der Waals surface area contributed by atoms with Gasteiger partial charge in [-0.05, 0) is 34.1 Å². The molecule has 126 valence electrons. The van der Waals surface area contributed by atoms with Crippen LogP contribution in [0.1, 0.15) is 52.7 Å². The highest BCUT2D eigenvalue weighted by molar-refractivity contribution is 6.29. The fourth-order valence-electron chi connectivity index (χ4n) is 2.62. The monoisotopic (exact) mass is 342 g/mol. The Labute approximate surface area is 147 Å². The van der Waals surface area contributed by atoms with E-state index in [4.69, 9.17) is 11.6 Å².